The molecule has 3 atom stereocenters. The maximum Gasteiger partial charge on any atom is 0.307 e. The van der Waals surface area contributed by atoms with E-state index in [2.05, 4.69) is 10.6 Å². The Kier molecular flexibility index (Phi) is 31.7. The lowest BCUT2D eigenvalue weighted by Gasteiger charge is -2.25. The third kappa shape index (κ3) is 31.6. The van der Waals surface area contributed by atoms with Gasteiger partial charge in [-0.05, 0) is 65.9 Å². The van der Waals surface area contributed by atoms with Gasteiger partial charge in [0.2, 0.25) is 11.8 Å². The highest BCUT2D eigenvalue weighted by atomic mass is 16.6. The van der Waals surface area contributed by atoms with E-state index >= 15 is 0 Å². The minimum absolute atomic E-state index is 0.0750. The summed E-state index contributed by atoms with van der Waals surface area (Å²) in [7, 11) is 3.21. The molecule has 0 radical (unpaired) electrons. The van der Waals surface area contributed by atoms with Gasteiger partial charge in [-0.15, -0.1) is 0 Å². The second-order valence-corrected chi connectivity index (χ2v) is 15.0. The number of amides is 2. The summed E-state index contributed by atoms with van der Waals surface area (Å²) in [5.41, 5.74) is 6.26. The van der Waals surface area contributed by atoms with E-state index in [0.717, 1.165) is 11.1 Å². The molecule has 56 heavy (non-hydrogen) atoms. The van der Waals surface area contributed by atoms with Crippen LogP contribution in [0.15, 0.2) is 24.3 Å². The van der Waals surface area contributed by atoms with Crippen LogP contribution in [-0.2, 0) is 58.9 Å². The van der Waals surface area contributed by atoms with Crippen LogP contribution >= 0.6 is 0 Å². The van der Waals surface area contributed by atoms with Crippen molar-refractivity contribution in [3.05, 3.63) is 35.4 Å². The van der Waals surface area contributed by atoms with Crippen LogP contribution in [0.25, 0.3) is 0 Å². The minimum Gasteiger partial charge on any atom is -0.460 e. The molecule has 0 saturated carbocycles. The monoisotopic (exact) mass is 796 g/mol. The number of Topliss-reactive ketones (excluding diaryl/α,β-unsaturated/α-hetero) is 3. The second-order valence-electron chi connectivity index (χ2n) is 15.0. The van der Waals surface area contributed by atoms with Crippen molar-refractivity contribution in [3.8, 4) is 0 Å². The second kappa shape index (κ2) is 32.5. The van der Waals surface area contributed by atoms with Gasteiger partial charge in [0.05, 0.1) is 58.0 Å². The highest BCUT2D eigenvalue weighted by Crippen LogP contribution is 2.20. The van der Waals surface area contributed by atoms with Gasteiger partial charge in [0, 0.05) is 52.5 Å². The average molecular weight is 796 g/mol. The summed E-state index contributed by atoms with van der Waals surface area (Å²) >= 11 is 0. The Morgan fingerprint density at radius 3 is 1.77 bits per heavy atom. The highest BCUT2D eigenvalue weighted by molar-refractivity contribution is 5.95. The Balaban J connectivity index is 0. The summed E-state index contributed by atoms with van der Waals surface area (Å²) in [5.74, 6) is -3.13. The average Bonchev–Trinajstić information content (AvgIpc) is 3.10. The highest BCUT2D eigenvalue weighted by Gasteiger charge is 2.32. The van der Waals surface area contributed by atoms with Crippen molar-refractivity contribution in [1.82, 2.24) is 10.6 Å². The lowest BCUT2D eigenvalue weighted by atomic mass is 9.89. The quantitative estimate of drug-likeness (QED) is 0.0887. The van der Waals surface area contributed by atoms with Gasteiger partial charge in [0.25, 0.3) is 0 Å². The molecule has 0 spiro atoms. The summed E-state index contributed by atoms with van der Waals surface area (Å²) in [5, 5.41) is 5.62. The van der Waals surface area contributed by atoms with Crippen LogP contribution in [0.2, 0.25) is 0 Å². The van der Waals surface area contributed by atoms with Gasteiger partial charge in [-0.2, -0.15) is 0 Å². The summed E-state index contributed by atoms with van der Waals surface area (Å²) in [4.78, 5) is 74.8. The van der Waals surface area contributed by atoms with Gasteiger partial charge in [-0.25, -0.2) is 0 Å². The Bertz CT molecular complexity index is 1260. The molecule has 0 aliphatic rings. The molecular weight excluding hydrogens is 722 g/mol. The number of carbonyl (C=O) groups excluding carboxylic acids is 6. The zero-order valence-electron chi connectivity index (χ0n) is 36.1. The molecule has 0 saturated heterocycles. The lowest BCUT2D eigenvalue weighted by Crippen LogP contribution is -2.47. The maximum atomic E-state index is 13.8. The van der Waals surface area contributed by atoms with Crippen molar-refractivity contribution >= 4 is 35.1 Å². The molecule has 4 N–H and O–H groups in total. The van der Waals surface area contributed by atoms with E-state index < -0.39 is 35.4 Å². The molecule has 0 bridgehead atoms. The predicted molar refractivity (Wildman–Crippen MR) is 217 cm³/mol. The lowest BCUT2D eigenvalue weighted by molar-refractivity contribution is -0.157. The molecule has 2 amide bonds. The Labute approximate surface area is 336 Å². The van der Waals surface area contributed by atoms with E-state index in [-0.39, 0.29) is 68.0 Å². The predicted octanol–water partition coefficient (Wildman–Crippen LogP) is 4.34. The number of nitrogens with two attached hydrogens (primary N) is 1. The van der Waals surface area contributed by atoms with Gasteiger partial charge >= 0.3 is 5.97 Å². The van der Waals surface area contributed by atoms with Crippen LogP contribution in [-0.4, -0.2) is 114 Å². The molecule has 0 aromatic heterocycles. The zero-order valence-corrected chi connectivity index (χ0v) is 36.1. The van der Waals surface area contributed by atoms with Crippen molar-refractivity contribution in [1.29, 1.82) is 0 Å². The van der Waals surface area contributed by atoms with Gasteiger partial charge in [0.15, 0.2) is 5.78 Å². The van der Waals surface area contributed by atoms with Crippen molar-refractivity contribution in [2.45, 2.75) is 112 Å². The minimum atomic E-state index is -1.01. The maximum absolute atomic E-state index is 13.8. The molecular formula is C42H73N3O11. The Morgan fingerprint density at radius 1 is 0.750 bits per heavy atom. The molecule has 0 aliphatic carbocycles. The number of benzene rings is 1. The van der Waals surface area contributed by atoms with Crippen LogP contribution < -0.4 is 16.4 Å². The van der Waals surface area contributed by atoms with Crippen molar-refractivity contribution in [3.63, 3.8) is 0 Å². The summed E-state index contributed by atoms with van der Waals surface area (Å²) in [6.07, 6.45) is 0.852. The van der Waals surface area contributed by atoms with E-state index in [9.17, 15) is 28.8 Å². The number of aryl methyl sites for hydroxylation is 1. The molecule has 322 valence electrons. The third-order valence-electron chi connectivity index (χ3n) is 7.75. The van der Waals surface area contributed by atoms with Crippen molar-refractivity contribution < 1.29 is 52.5 Å². The van der Waals surface area contributed by atoms with Gasteiger partial charge in [-0.3, -0.25) is 19.2 Å². The van der Waals surface area contributed by atoms with E-state index in [1.807, 2.05) is 52.0 Å². The zero-order chi connectivity index (χ0) is 43.1. The number of nitrogens with one attached hydrogen (secondary N) is 2. The molecule has 0 heterocycles. The fourth-order valence-corrected chi connectivity index (χ4v) is 4.88. The topological polar surface area (TPSA) is 199 Å². The number of hydrogen-bond acceptors (Lipinski definition) is 12. The largest absolute Gasteiger partial charge is 0.460 e. The van der Waals surface area contributed by atoms with Crippen LogP contribution in [0.1, 0.15) is 98.6 Å². The molecule has 1 aromatic carbocycles. The summed E-state index contributed by atoms with van der Waals surface area (Å²) in [6.45, 7) is 19.7. The number of rotatable bonds is 26. The van der Waals surface area contributed by atoms with Crippen molar-refractivity contribution in [2.24, 2.45) is 23.5 Å². The molecule has 1 aromatic rings. The fraction of sp³-hybridized carbons (Fsp3) is 0.714. The van der Waals surface area contributed by atoms with Crippen LogP contribution in [0, 0.1) is 24.7 Å². The summed E-state index contributed by atoms with van der Waals surface area (Å²) in [6, 6.07) is 6.66. The molecule has 14 nitrogen and oxygen atoms in total. The Morgan fingerprint density at radius 2 is 1.30 bits per heavy atom. The van der Waals surface area contributed by atoms with E-state index in [0.29, 0.717) is 52.4 Å². The number of hydrogen-bond donors (Lipinski definition) is 3. The SMILES string of the molecule is CCC(C)=O.COCCOCCN.COCCOCCNC(=O)[C@H](CC(=O)OC(C)(C)C)CC(=O)[C@H](Cc1ccc(C)cc1)NC(=O)[C@H](CC(C)=O)CC(C)C. The fourth-order valence-electron chi connectivity index (χ4n) is 4.88. The molecule has 0 fully saturated rings. The van der Waals surface area contributed by atoms with Gasteiger partial charge in [-0.1, -0.05) is 50.6 Å². The van der Waals surface area contributed by atoms with Crippen molar-refractivity contribution in [2.75, 3.05) is 67.0 Å². The van der Waals surface area contributed by atoms with E-state index in [1.54, 1.807) is 41.9 Å². The number of methoxy groups -OCH3 is 2. The van der Waals surface area contributed by atoms with Gasteiger partial charge < -0.3 is 49.6 Å². The van der Waals surface area contributed by atoms with E-state index in [1.165, 1.54) is 6.92 Å². The Hall–Kier alpha value is -3.56. The molecule has 0 aliphatic heterocycles. The van der Waals surface area contributed by atoms with Gasteiger partial charge in [0.1, 0.15) is 17.2 Å². The standard InChI is InChI=1S/C33H52N2O8.C5H13NO2.C4H8O/c1-22(2)17-26(18-24(4)36)32(40)35-28(19-25-11-9-23(3)10-12-25)29(37)20-27(21-30(38)43-33(5,6)7)31(39)34-13-14-42-16-15-41-8;1-7-4-5-8-3-2-6;1-3-4(2)5/h9-12,22,26-28H,13-21H2,1-8H3,(H,34,39)(H,35,40);2-6H2,1H3;3H2,1-2H3/t26-,27-,28-;;/m0../s1. The smallest absolute Gasteiger partial charge is 0.307 e. The summed E-state index contributed by atoms with van der Waals surface area (Å²) < 4.78 is 25.5. The van der Waals surface area contributed by atoms with Crippen LogP contribution in [0.4, 0.5) is 0 Å². The van der Waals surface area contributed by atoms with E-state index in [4.69, 9.17) is 29.4 Å². The first-order valence-electron chi connectivity index (χ1n) is 19.5. The normalized spacial score (nSPS) is 12.5. The number of ketones is 3. The van der Waals surface area contributed by atoms with Crippen LogP contribution in [0.5, 0.6) is 0 Å². The van der Waals surface area contributed by atoms with Crippen LogP contribution in [0.3, 0.4) is 0 Å². The first kappa shape index (κ1) is 54.5. The molecule has 0 unspecified atom stereocenters. The first-order valence-corrected chi connectivity index (χ1v) is 19.5. The number of esters is 1. The third-order valence-corrected chi connectivity index (χ3v) is 7.75. The molecule has 1 rings (SSSR count). The number of ether oxygens (including phenoxy) is 5. The first-order chi connectivity index (χ1) is 26.3. The molecule has 14 heteroatoms. The number of carbonyl (C=O) groups is 6.